The molecule has 11 heteroatoms. The fourth-order valence-electron chi connectivity index (χ4n) is 6.51. The second kappa shape index (κ2) is 9.88. The first-order valence-corrected chi connectivity index (χ1v) is 13.0. The van der Waals surface area contributed by atoms with Crippen LogP contribution in [0.2, 0.25) is 0 Å². The molecule has 1 aliphatic carbocycles. The zero-order valence-electron chi connectivity index (χ0n) is 20.9. The van der Waals surface area contributed by atoms with Gasteiger partial charge < -0.3 is 10.2 Å². The third-order valence-electron chi connectivity index (χ3n) is 8.13. The lowest BCUT2D eigenvalue weighted by Crippen LogP contribution is -2.51. The Morgan fingerprint density at radius 3 is 2.64 bits per heavy atom. The Kier molecular flexibility index (Phi) is 6.38. The molecule has 0 saturated carbocycles. The van der Waals surface area contributed by atoms with Gasteiger partial charge in [-0.2, -0.15) is 0 Å². The maximum Gasteiger partial charge on any atom is 0.408 e. The molecule has 2 aliphatic rings. The Bertz CT molecular complexity index is 1600. The number of likely N-dealkylation sites (tertiary alicyclic amines) is 1. The molecule has 39 heavy (non-hydrogen) atoms. The lowest BCUT2D eigenvalue weighted by molar-refractivity contribution is 0.0365. The SMILES string of the molecule is O=C(O)N1C([C@H]2CCC(O)Cc3cccnc32)CC(n2c(=O)[nH]c3ncccc32)C[C@H]1c1cccc(F)c1F. The first kappa shape index (κ1) is 25.2. The van der Waals surface area contributed by atoms with E-state index >= 15 is 4.39 Å². The topological polar surface area (TPSA) is 124 Å². The number of piperidine rings is 1. The van der Waals surface area contributed by atoms with Crippen LogP contribution in [0.15, 0.2) is 59.7 Å². The number of H-pyrrole nitrogens is 1. The zero-order chi connectivity index (χ0) is 27.3. The highest BCUT2D eigenvalue weighted by atomic mass is 19.2. The number of aliphatic hydroxyl groups is 1. The average molecular weight is 536 g/mol. The number of carbonyl (C=O) groups is 1. The number of aromatic nitrogens is 4. The van der Waals surface area contributed by atoms with Crippen molar-refractivity contribution in [1.29, 1.82) is 0 Å². The van der Waals surface area contributed by atoms with Gasteiger partial charge in [0.25, 0.3) is 0 Å². The van der Waals surface area contributed by atoms with Crippen LogP contribution >= 0.6 is 0 Å². The molecule has 3 unspecified atom stereocenters. The van der Waals surface area contributed by atoms with Gasteiger partial charge >= 0.3 is 11.8 Å². The minimum atomic E-state index is -1.28. The number of halogens is 2. The highest BCUT2D eigenvalue weighted by Crippen LogP contribution is 2.47. The molecule has 1 aromatic carbocycles. The largest absolute Gasteiger partial charge is 0.465 e. The minimum Gasteiger partial charge on any atom is -0.465 e. The van der Waals surface area contributed by atoms with Crippen molar-refractivity contribution in [2.24, 2.45) is 0 Å². The van der Waals surface area contributed by atoms with Crippen LogP contribution in [0.3, 0.4) is 0 Å². The van der Waals surface area contributed by atoms with Crippen LogP contribution in [0.25, 0.3) is 11.2 Å². The van der Waals surface area contributed by atoms with Crippen molar-refractivity contribution in [3.05, 3.63) is 93.8 Å². The van der Waals surface area contributed by atoms with Crippen LogP contribution in [0.1, 0.15) is 60.5 Å². The predicted molar refractivity (Wildman–Crippen MR) is 137 cm³/mol. The Balaban J connectivity index is 1.54. The fraction of sp³-hybridized carbons (Fsp3) is 0.357. The summed E-state index contributed by atoms with van der Waals surface area (Å²) in [6.45, 7) is 0. The number of imidazole rings is 1. The lowest BCUT2D eigenvalue weighted by Gasteiger charge is -2.47. The molecule has 0 spiro atoms. The van der Waals surface area contributed by atoms with Gasteiger partial charge in [-0.15, -0.1) is 0 Å². The summed E-state index contributed by atoms with van der Waals surface area (Å²) in [5.41, 5.74) is 1.93. The maximum absolute atomic E-state index is 15.2. The molecule has 1 fully saturated rings. The average Bonchev–Trinajstić information content (AvgIpc) is 3.16. The third kappa shape index (κ3) is 4.36. The number of aromatic amines is 1. The molecule has 6 rings (SSSR count). The third-order valence-corrected chi connectivity index (χ3v) is 8.13. The first-order valence-electron chi connectivity index (χ1n) is 13.0. The lowest BCUT2D eigenvalue weighted by atomic mass is 9.78. The summed E-state index contributed by atoms with van der Waals surface area (Å²) in [4.78, 5) is 38.8. The van der Waals surface area contributed by atoms with Gasteiger partial charge in [0, 0.05) is 48.1 Å². The second-order valence-electron chi connectivity index (χ2n) is 10.3. The number of aliphatic hydroxyl groups excluding tert-OH is 1. The van der Waals surface area contributed by atoms with Gasteiger partial charge in [-0.25, -0.2) is 23.4 Å². The summed E-state index contributed by atoms with van der Waals surface area (Å²) >= 11 is 0. The van der Waals surface area contributed by atoms with Gasteiger partial charge in [0.15, 0.2) is 17.3 Å². The quantitative estimate of drug-likeness (QED) is 0.336. The highest BCUT2D eigenvalue weighted by Gasteiger charge is 2.46. The first-order chi connectivity index (χ1) is 18.8. The molecule has 1 saturated heterocycles. The van der Waals surface area contributed by atoms with Crippen molar-refractivity contribution in [3.63, 3.8) is 0 Å². The normalized spacial score (nSPS) is 25.3. The molecule has 4 aromatic rings. The molecule has 1 aliphatic heterocycles. The monoisotopic (exact) mass is 535 g/mol. The number of nitrogens with zero attached hydrogens (tertiary/aromatic N) is 4. The van der Waals surface area contributed by atoms with E-state index in [0.29, 0.717) is 36.1 Å². The van der Waals surface area contributed by atoms with Gasteiger partial charge in [-0.1, -0.05) is 18.2 Å². The molecule has 3 aromatic heterocycles. The molecule has 3 N–H and O–H groups in total. The van der Waals surface area contributed by atoms with Gasteiger partial charge in [-0.3, -0.25) is 19.4 Å². The molecular formula is C28H27F2N5O4. The second-order valence-corrected chi connectivity index (χ2v) is 10.3. The van der Waals surface area contributed by atoms with E-state index in [9.17, 15) is 24.2 Å². The molecule has 9 nitrogen and oxygen atoms in total. The van der Waals surface area contributed by atoms with Crippen LogP contribution < -0.4 is 5.69 Å². The van der Waals surface area contributed by atoms with Crippen molar-refractivity contribution >= 4 is 17.3 Å². The molecule has 202 valence electrons. The molecule has 5 atom stereocenters. The molecule has 4 heterocycles. The van der Waals surface area contributed by atoms with E-state index in [1.54, 1.807) is 35.2 Å². The number of rotatable bonds is 3. The van der Waals surface area contributed by atoms with E-state index in [0.717, 1.165) is 11.6 Å². The summed E-state index contributed by atoms with van der Waals surface area (Å²) in [5.74, 6) is -2.62. The summed E-state index contributed by atoms with van der Waals surface area (Å²) in [7, 11) is 0. The Hall–Kier alpha value is -4.12. The van der Waals surface area contributed by atoms with Crippen LogP contribution in [-0.4, -0.2) is 52.9 Å². The standard InChI is InChI=1S/C28H27F2N5O4/c29-20-6-1-5-18(24(20)30)22-13-16(34-21-7-3-11-32-26(21)33-27(34)37)14-23(35(22)28(38)39)19-9-8-17(36)12-15-4-2-10-31-25(15)19/h1-7,10-11,16-17,19,22-23,36H,8-9,12-14H2,(H,38,39)(H,32,33,37)/t16?,17?,19-,22+,23?/m1/s1. The molecule has 0 radical (unpaired) electrons. The van der Waals surface area contributed by atoms with E-state index in [1.165, 1.54) is 17.0 Å². The van der Waals surface area contributed by atoms with Gasteiger partial charge in [0.05, 0.1) is 17.7 Å². The maximum atomic E-state index is 15.2. The van der Waals surface area contributed by atoms with E-state index in [1.807, 2.05) is 6.07 Å². The number of hydrogen-bond acceptors (Lipinski definition) is 5. The fourth-order valence-corrected chi connectivity index (χ4v) is 6.51. The summed E-state index contributed by atoms with van der Waals surface area (Å²) in [5, 5.41) is 21.1. The van der Waals surface area contributed by atoms with E-state index in [2.05, 4.69) is 15.0 Å². The van der Waals surface area contributed by atoms with Crippen LogP contribution in [0, 0.1) is 11.6 Å². The van der Waals surface area contributed by atoms with Gasteiger partial charge in [-0.05, 0) is 55.5 Å². The Morgan fingerprint density at radius 1 is 1.03 bits per heavy atom. The molecule has 1 amide bonds. The Labute approximate surface area is 221 Å². The highest BCUT2D eigenvalue weighted by molar-refractivity contribution is 5.70. The van der Waals surface area contributed by atoms with E-state index in [-0.39, 0.29) is 18.4 Å². The van der Waals surface area contributed by atoms with Crippen LogP contribution in [0.4, 0.5) is 13.6 Å². The van der Waals surface area contributed by atoms with E-state index in [4.69, 9.17) is 0 Å². The number of nitrogens with one attached hydrogen (secondary N) is 1. The van der Waals surface area contributed by atoms with Crippen molar-refractivity contribution in [2.45, 2.75) is 62.3 Å². The van der Waals surface area contributed by atoms with Crippen molar-refractivity contribution < 1.29 is 23.8 Å². The van der Waals surface area contributed by atoms with Crippen molar-refractivity contribution in [1.82, 2.24) is 24.4 Å². The predicted octanol–water partition coefficient (Wildman–Crippen LogP) is 4.30. The number of pyridine rings is 2. The zero-order valence-corrected chi connectivity index (χ0v) is 20.9. The number of amides is 1. The molecule has 0 bridgehead atoms. The van der Waals surface area contributed by atoms with Crippen LogP contribution in [-0.2, 0) is 6.42 Å². The summed E-state index contributed by atoms with van der Waals surface area (Å²) < 4.78 is 31.2. The van der Waals surface area contributed by atoms with Crippen LogP contribution in [0.5, 0.6) is 0 Å². The Morgan fingerprint density at radius 2 is 1.82 bits per heavy atom. The smallest absolute Gasteiger partial charge is 0.408 e. The minimum absolute atomic E-state index is 0.0509. The molecular weight excluding hydrogens is 508 g/mol. The summed E-state index contributed by atoms with van der Waals surface area (Å²) in [6, 6.07) is 8.46. The summed E-state index contributed by atoms with van der Waals surface area (Å²) in [6.07, 6.45) is 2.83. The van der Waals surface area contributed by atoms with E-state index < -0.39 is 53.6 Å². The van der Waals surface area contributed by atoms with Crippen molar-refractivity contribution in [3.8, 4) is 0 Å². The van der Waals surface area contributed by atoms with Crippen molar-refractivity contribution in [2.75, 3.05) is 0 Å². The van der Waals surface area contributed by atoms with Gasteiger partial charge in [0.1, 0.15) is 0 Å². The van der Waals surface area contributed by atoms with Gasteiger partial charge in [0.2, 0.25) is 0 Å². The number of benzene rings is 1. The number of hydrogen-bond donors (Lipinski definition) is 3. The number of carboxylic acid groups (broad SMARTS) is 1. The number of fused-ring (bicyclic) bond motifs is 2.